The van der Waals surface area contributed by atoms with Gasteiger partial charge in [-0.3, -0.25) is 4.79 Å². The minimum absolute atomic E-state index is 0.0519. The first-order chi connectivity index (χ1) is 16.0. The number of benzene rings is 2. The van der Waals surface area contributed by atoms with E-state index in [4.69, 9.17) is 17.3 Å². The number of anilines is 2. The third kappa shape index (κ3) is 5.15. The maximum absolute atomic E-state index is 14.0. The van der Waals surface area contributed by atoms with Crippen molar-refractivity contribution in [1.29, 1.82) is 0 Å². The lowest BCUT2D eigenvalue weighted by Gasteiger charge is -2.30. The van der Waals surface area contributed by atoms with Crippen LogP contribution in [0.15, 0.2) is 42.5 Å². The van der Waals surface area contributed by atoms with Crippen molar-refractivity contribution in [3.8, 4) is 11.3 Å². The molecule has 34 heavy (non-hydrogen) atoms. The van der Waals surface area contributed by atoms with Crippen molar-refractivity contribution in [2.45, 2.75) is 31.7 Å². The first-order valence-electron chi connectivity index (χ1n) is 10.2. The van der Waals surface area contributed by atoms with Crippen LogP contribution in [0.1, 0.15) is 12.2 Å². The van der Waals surface area contributed by atoms with E-state index in [2.05, 4.69) is 10.3 Å². The van der Waals surface area contributed by atoms with E-state index in [9.17, 15) is 26.7 Å². The van der Waals surface area contributed by atoms with Crippen LogP contribution < -0.4 is 11.1 Å². The van der Waals surface area contributed by atoms with Gasteiger partial charge in [-0.15, -0.1) is 0 Å². The number of carbonyl (C=O) groups is 1. The van der Waals surface area contributed by atoms with E-state index in [1.54, 1.807) is 10.6 Å². The fourth-order valence-corrected chi connectivity index (χ4v) is 3.85. The fourth-order valence-electron chi connectivity index (χ4n) is 3.74. The Morgan fingerprint density at radius 2 is 1.85 bits per heavy atom. The molecule has 0 fully saturated rings. The lowest BCUT2D eigenvalue weighted by atomic mass is 10.1. The standard InChI is InChI=1S/C22H19ClF5N5O/c23-15-6-5-14(9-16(15)25)30-20-19(12-1-3-13(24)4-2-12)31-18-11-32(7-8-33(18)20)21(34)17(29)10-22(26,27)28/h1-6,9,17,30H,7-8,10-11,29H2. The number of hydrogen-bond donors (Lipinski definition) is 2. The minimum Gasteiger partial charge on any atom is -0.340 e. The topological polar surface area (TPSA) is 76.2 Å². The number of rotatable bonds is 5. The second-order valence-electron chi connectivity index (χ2n) is 7.82. The molecule has 3 aromatic rings. The summed E-state index contributed by atoms with van der Waals surface area (Å²) < 4.78 is 67.2. The Morgan fingerprint density at radius 3 is 2.50 bits per heavy atom. The van der Waals surface area contributed by atoms with Gasteiger partial charge < -0.3 is 20.5 Å². The van der Waals surface area contributed by atoms with Gasteiger partial charge in [-0.2, -0.15) is 13.2 Å². The SMILES string of the molecule is NC(CC(F)(F)F)C(=O)N1CCn2c(nc(-c3ccc(F)cc3)c2Nc2ccc(Cl)c(F)c2)C1. The van der Waals surface area contributed by atoms with Crippen LogP contribution >= 0.6 is 11.6 Å². The van der Waals surface area contributed by atoms with E-state index in [0.29, 0.717) is 28.6 Å². The zero-order chi connectivity index (χ0) is 24.6. The molecule has 3 N–H and O–H groups in total. The van der Waals surface area contributed by atoms with Gasteiger partial charge in [0.1, 0.15) is 29.0 Å². The van der Waals surface area contributed by atoms with Crippen LogP contribution in [0.3, 0.4) is 0 Å². The second-order valence-corrected chi connectivity index (χ2v) is 8.23. The molecule has 2 aromatic carbocycles. The van der Waals surface area contributed by atoms with Gasteiger partial charge in [0.05, 0.1) is 24.0 Å². The zero-order valence-electron chi connectivity index (χ0n) is 17.5. The molecule has 0 saturated carbocycles. The average Bonchev–Trinajstić information content (AvgIpc) is 3.12. The van der Waals surface area contributed by atoms with Crippen LogP contribution in [-0.4, -0.2) is 39.1 Å². The summed E-state index contributed by atoms with van der Waals surface area (Å²) in [6.45, 7) is 0.224. The molecule has 4 rings (SSSR count). The molecule has 6 nitrogen and oxygen atoms in total. The Labute approximate surface area is 196 Å². The highest BCUT2D eigenvalue weighted by Crippen LogP contribution is 2.34. The number of aromatic nitrogens is 2. The minimum atomic E-state index is -4.57. The van der Waals surface area contributed by atoms with E-state index < -0.39 is 36.2 Å². The van der Waals surface area contributed by atoms with Gasteiger partial charge in [0.2, 0.25) is 5.91 Å². The lowest BCUT2D eigenvalue weighted by Crippen LogP contribution is -2.48. The zero-order valence-corrected chi connectivity index (χ0v) is 18.3. The normalized spacial score (nSPS) is 14.6. The number of nitrogens with two attached hydrogens (primary N) is 1. The molecule has 180 valence electrons. The highest BCUT2D eigenvalue weighted by molar-refractivity contribution is 6.30. The molecule has 2 heterocycles. The molecule has 1 amide bonds. The molecule has 1 aliphatic rings. The first kappa shape index (κ1) is 24.0. The van der Waals surface area contributed by atoms with Gasteiger partial charge in [-0.1, -0.05) is 11.6 Å². The van der Waals surface area contributed by atoms with Gasteiger partial charge in [0.25, 0.3) is 0 Å². The van der Waals surface area contributed by atoms with Crippen molar-refractivity contribution in [1.82, 2.24) is 14.5 Å². The quantitative estimate of drug-likeness (QED) is 0.492. The molecule has 0 bridgehead atoms. The van der Waals surface area contributed by atoms with Gasteiger partial charge in [0.15, 0.2) is 0 Å². The van der Waals surface area contributed by atoms with E-state index in [1.165, 1.54) is 41.3 Å². The molecule has 0 saturated heterocycles. The summed E-state index contributed by atoms with van der Waals surface area (Å²) in [6, 6.07) is 7.97. The van der Waals surface area contributed by atoms with Gasteiger partial charge in [-0.05, 0) is 42.5 Å². The summed E-state index contributed by atoms with van der Waals surface area (Å²) in [4.78, 5) is 18.3. The van der Waals surface area contributed by atoms with E-state index >= 15 is 0 Å². The smallest absolute Gasteiger partial charge is 0.340 e. The summed E-state index contributed by atoms with van der Waals surface area (Å²) in [6.07, 6.45) is -5.99. The fraction of sp³-hybridized carbons (Fsp3) is 0.273. The monoisotopic (exact) mass is 499 g/mol. The van der Waals surface area contributed by atoms with Crippen molar-refractivity contribution < 1.29 is 26.7 Å². The summed E-state index contributed by atoms with van der Waals surface area (Å²) in [5.74, 6) is -1.07. The van der Waals surface area contributed by atoms with Crippen molar-refractivity contribution in [2.24, 2.45) is 5.73 Å². The molecule has 12 heteroatoms. The van der Waals surface area contributed by atoms with Crippen LogP contribution in [0.2, 0.25) is 5.02 Å². The van der Waals surface area contributed by atoms with Gasteiger partial charge in [0, 0.05) is 24.3 Å². The molecule has 1 aromatic heterocycles. The third-order valence-corrected chi connectivity index (χ3v) is 5.66. The van der Waals surface area contributed by atoms with Crippen LogP contribution in [0, 0.1) is 11.6 Å². The maximum Gasteiger partial charge on any atom is 0.391 e. The molecule has 0 radical (unpaired) electrons. The van der Waals surface area contributed by atoms with Crippen LogP contribution in [0.5, 0.6) is 0 Å². The Morgan fingerprint density at radius 1 is 1.15 bits per heavy atom. The summed E-state index contributed by atoms with van der Waals surface area (Å²) >= 11 is 5.76. The predicted octanol–water partition coefficient (Wildman–Crippen LogP) is 4.85. The Balaban J connectivity index is 1.67. The van der Waals surface area contributed by atoms with Crippen LogP contribution in [0.4, 0.5) is 33.5 Å². The van der Waals surface area contributed by atoms with Crippen molar-refractivity contribution in [3.63, 3.8) is 0 Å². The molecular formula is C22H19ClF5N5O. The number of imidazole rings is 1. The van der Waals surface area contributed by atoms with Crippen molar-refractivity contribution in [3.05, 3.63) is 64.9 Å². The van der Waals surface area contributed by atoms with E-state index in [-0.39, 0.29) is 24.7 Å². The van der Waals surface area contributed by atoms with Gasteiger partial charge in [-0.25, -0.2) is 13.8 Å². The van der Waals surface area contributed by atoms with Crippen LogP contribution in [0.25, 0.3) is 11.3 Å². The number of amides is 1. The number of nitrogens with one attached hydrogen (secondary N) is 1. The van der Waals surface area contributed by atoms with E-state index in [0.717, 1.165) is 0 Å². The number of hydrogen-bond acceptors (Lipinski definition) is 4. The molecular weight excluding hydrogens is 481 g/mol. The summed E-state index contributed by atoms with van der Waals surface area (Å²) in [5.41, 5.74) is 6.81. The Hall–Kier alpha value is -3.18. The van der Waals surface area contributed by atoms with E-state index in [1.807, 2.05) is 0 Å². The lowest BCUT2D eigenvalue weighted by molar-refractivity contribution is -0.153. The number of nitrogens with zero attached hydrogens (tertiary/aromatic N) is 3. The predicted molar refractivity (Wildman–Crippen MR) is 116 cm³/mol. The Kier molecular flexibility index (Phi) is 6.50. The maximum atomic E-state index is 14.0. The summed E-state index contributed by atoms with van der Waals surface area (Å²) in [7, 11) is 0. The largest absolute Gasteiger partial charge is 0.391 e. The number of halogens is 6. The van der Waals surface area contributed by atoms with Crippen molar-refractivity contribution in [2.75, 3.05) is 11.9 Å². The second kappa shape index (κ2) is 9.22. The summed E-state index contributed by atoms with van der Waals surface area (Å²) in [5, 5.41) is 3.04. The molecule has 1 unspecified atom stereocenters. The molecule has 1 atom stereocenters. The Bertz CT molecular complexity index is 1210. The number of alkyl halides is 3. The molecule has 0 spiro atoms. The first-order valence-corrected chi connectivity index (χ1v) is 10.6. The number of fused-ring (bicyclic) bond motifs is 1. The number of carbonyl (C=O) groups excluding carboxylic acids is 1. The highest BCUT2D eigenvalue weighted by atomic mass is 35.5. The molecule has 1 aliphatic heterocycles. The highest BCUT2D eigenvalue weighted by Gasteiger charge is 2.36. The van der Waals surface area contributed by atoms with Crippen molar-refractivity contribution >= 4 is 29.0 Å². The average molecular weight is 500 g/mol. The van der Waals surface area contributed by atoms with Gasteiger partial charge >= 0.3 is 6.18 Å². The molecule has 0 aliphatic carbocycles. The van der Waals surface area contributed by atoms with Crippen LogP contribution in [-0.2, 0) is 17.9 Å². The third-order valence-electron chi connectivity index (χ3n) is 5.35.